The molecule has 5 heteroatoms. The van der Waals surface area contributed by atoms with E-state index in [4.69, 9.17) is 0 Å². The maximum absolute atomic E-state index is 11.9. The van der Waals surface area contributed by atoms with Gasteiger partial charge in [-0.25, -0.2) is 4.79 Å². The first-order valence-corrected chi connectivity index (χ1v) is 6.79. The lowest BCUT2D eigenvalue weighted by molar-refractivity contribution is 0.0600. The number of nitrogens with one attached hydrogen (secondary N) is 1. The van der Waals surface area contributed by atoms with Crippen molar-refractivity contribution >= 4 is 24.5 Å². The van der Waals surface area contributed by atoms with E-state index in [1.807, 2.05) is 0 Å². The number of amides is 1. The van der Waals surface area contributed by atoms with Gasteiger partial charge in [0.15, 0.2) is 0 Å². The van der Waals surface area contributed by atoms with Gasteiger partial charge in [-0.3, -0.25) is 4.79 Å². The van der Waals surface area contributed by atoms with Gasteiger partial charge >= 0.3 is 5.97 Å². The van der Waals surface area contributed by atoms with Crippen LogP contribution in [0.2, 0.25) is 0 Å². The first-order valence-electron chi connectivity index (χ1n) is 6.34. The van der Waals surface area contributed by atoms with E-state index >= 15 is 0 Å². The van der Waals surface area contributed by atoms with Crippen molar-refractivity contribution in [3.63, 3.8) is 0 Å². The van der Waals surface area contributed by atoms with Crippen LogP contribution in [0, 0.1) is 0 Å². The summed E-state index contributed by atoms with van der Waals surface area (Å²) in [6, 6.07) is 13.9. The third-order valence-corrected chi connectivity index (χ3v) is 3.26. The van der Waals surface area contributed by atoms with Crippen LogP contribution in [0.1, 0.15) is 26.3 Å². The molecule has 0 fully saturated rings. The standard InChI is InChI=1S/C16H15NO3S/c1-20-16(19)13-4-2-11(3-5-13)10-17-15(18)12-6-8-14(21)9-7-12/h2-9,21H,10H2,1H3,(H,17,18). The topological polar surface area (TPSA) is 55.4 Å². The van der Waals surface area contributed by atoms with Crippen LogP contribution >= 0.6 is 12.6 Å². The zero-order chi connectivity index (χ0) is 15.2. The Morgan fingerprint density at radius 1 is 1.00 bits per heavy atom. The molecule has 108 valence electrons. The predicted octanol–water partition coefficient (Wildman–Crippen LogP) is 2.69. The summed E-state index contributed by atoms with van der Waals surface area (Å²) in [7, 11) is 1.34. The first kappa shape index (κ1) is 15.1. The van der Waals surface area contributed by atoms with Crippen LogP contribution in [-0.4, -0.2) is 19.0 Å². The molecule has 0 aliphatic carbocycles. The number of hydrogen-bond acceptors (Lipinski definition) is 4. The van der Waals surface area contributed by atoms with E-state index < -0.39 is 0 Å². The molecule has 4 nitrogen and oxygen atoms in total. The maximum Gasteiger partial charge on any atom is 0.337 e. The summed E-state index contributed by atoms with van der Waals surface area (Å²) in [5.41, 5.74) is 1.97. The SMILES string of the molecule is COC(=O)c1ccc(CNC(=O)c2ccc(S)cc2)cc1. The fraction of sp³-hybridized carbons (Fsp3) is 0.125. The molecule has 0 unspecified atom stereocenters. The van der Waals surface area contributed by atoms with Gasteiger partial charge in [0.05, 0.1) is 12.7 Å². The molecule has 1 N–H and O–H groups in total. The quantitative estimate of drug-likeness (QED) is 0.674. The zero-order valence-electron chi connectivity index (χ0n) is 11.5. The number of rotatable bonds is 4. The van der Waals surface area contributed by atoms with E-state index in [9.17, 15) is 9.59 Å². The number of carbonyl (C=O) groups excluding carboxylic acids is 2. The van der Waals surface area contributed by atoms with Gasteiger partial charge in [-0.15, -0.1) is 12.6 Å². The minimum atomic E-state index is -0.377. The van der Waals surface area contributed by atoms with Gasteiger partial charge in [0.1, 0.15) is 0 Å². The fourth-order valence-corrected chi connectivity index (χ4v) is 1.92. The molecule has 2 aromatic rings. The zero-order valence-corrected chi connectivity index (χ0v) is 12.4. The Labute approximate surface area is 128 Å². The van der Waals surface area contributed by atoms with Crippen LogP contribution < -0.4 is 5.32 Å². The molecule has 1 amide bonds. The highest BCUT2D eigenvalue weighted by atomic mass is 32.1. The van der Waals surface area contributed by atoms with E-state index in [1.54, 1.807) is 48.5 Å². The Bertz CT molecular complexity index is 636. The molecular weight excluding hydrogens is 286 g/mol. The fourth-order valence-electron chi connectivity index (χ4n) is 1.77. The van der Waals surface area contributed by atoms with Gasteiger partial charge in [-0.05, 0) is 42.0 Å². The second-order valence-corrected chi connectivity index (χ2v) is 4.93. The Morgan fingerprint density at radius 2 is 1.57 bits per heavy atom. The van der Waals surface area contributed by atoms with Crippen molar-refractivity contribution < 1.29 is 14.3 Å². The summed E-state index contributed by atoms with van der Waals surface area (Å²) >= 11 is 4.17. The normalized spacial score (nSPS) is 10.0. The molecule has 2 aromatic carbocycles. The van der Waals surface area contributed by atoms with E-state index in [1.165, 1.54) is 7.11 Å². The number of hydrogen-bond donors (Lipinski definition) is 2. The average molecular weight is 301 g/mol. The van der Waals surface area contributed by atoms with Crippen molar-refractivity contribution in [2.24, 2.45) is 0 Å². The van der Waals surface area contributed by atoms with Crippen LogP contribution in [-0.2, 0) is 11.3 Å². The second kappa shape index (κ2) is 6.95. The third kappa shape index (κ3) is 4.10. The molecule has 0 aromatic heterocycles. The Hall–Kier alpha value is -2.27. The number of ether oxygens (including phenoxy) is 1. The first-order chi connectivity index (χ1) is 10.1. The summed E-state index contributed by atoms with van der Waals surface area (Å²) < 4.78 is 4.63. The van der Waals surface area contributed by atoms with Crippen LogP contribution in [0.25, 0.3) is 0 Å². The molecule has 0 saturated carbocycles. The monoisotopic (exact) mass is 301 g/mol. The van der Waals surface area contributed by atoms with Crippen molar-refractivity contribution in [3.05, 3.63) is 65.2 Å². The largest absolute Gasteiger partial charge is 0.465 e. The van der Waals surface area contributed by atoms with Gasteiger partial charge < -0.3 is 10.1 Å². The van der Waals surface area contributed by atoms with Crippen LogP contribution in [0.15, 0.2) is 53.4 Å². The Morgan fingerprint density at radius 3 is 2.14 bits per heavy atom. The van der Waals surface area contributed by atoms with Gasteiger partial charge in [-0.1, -0.05) is 12.1 Å². The van der Waals surface area contributed by atoms with Gasteiger partial charge in [0.2, 0.25) is 0 Å². The predicted molar refractivity (Wildman–Crippen MR) is 82.6 cm³/mol. The maximum atomic E-state index is 11.9. The second-order valence-electron chi connectivity index (χ2n) is 4.42. The molecular formula is C16H15NO3S. The average Bonchev–Trinajstić information content (AvgIpc) is 2.53. The highest BCUT2D eigenvalue weighted by Gasteiger charge is 2.06. The molecule has 0 radical (unpaired) electrons. The number of methoxy groups -OCH3 is 1. The summed E-state index contributed by atoms with van der Waals surface area (Å²) in [6.45, 7) is 0.392. The van der Waals surface area contributed by atoms with Crippen LogP contribution in [0.3, 0.4) is 0 Å². The van der Waals surface area contributed by atoms with Crippen LogP contribution in [0.4, 0.5) is 0 Å². The van der Waals surface area contributed by atoms with Crippen molar-refractivity contribution in [3.8, 4) is 0 Å². The van der Waals surface area contributed by atoms with Crippen LogP contribution in [0.5, 0.6) is 0 Å². The van der Waals surface area contributed by atoms with Crippen molar-refractivity contribution in [1.29, 1.82) is 0 Å². The van der Waals surface area contributed by atoms with Crippen molar-refractivity contribution in [1.82, 2.24) is 5.32 Å². The van der Waals surface area contributed by atoms with Crippen molar-refractivity contribution in [2.45, 2.75) is 11.4 Å². The molecule has 0 aliphatic rings. The highest BCUT2D eigenvalue weighted by Crippen LogP contribution is 2.09. The van der Waals surface area contributed by atoms with Gasteiger partial charge in [0, 0.05) is 17.0 Å². The van der Waals surface area contributed by atoms with E-state index in [2.05, 4.69) is 22.7 Å². The number of esters is 1. The Kier molecular flexibility index (Phi) is 5.00. The molecule has 0 saturated heterocycles. The summed E-state index contributed by atoms with van der Waals surface area (Å²) in [6.07, 6.45) is 0. The smallest absolute Gasteiger partial charge is 0.337 e. The molecule has 0 spiro atoms. The Balaban J connectivity index is 1.95. The van der Waals surface area contributed by atoms with Gasteiger partial charge in [-0.2, -0.15) is 0 Å². The third-order valence-electron chi connectivity index (χ3n) is 2.96. The molecule has 21 heavy (non-hydrogen) atoms. The van der Waals surface area contributed by atoms with Gasteiger partial charge in [0.25, 0.3) is 5.91 Å². The minimum absolute atomic E-state index is 0.152. The lowest BCUT2D eigenvalue weighted by atomic mass is 10.1. The number of thiol groups is 1. The molecule has 0 aliphatic heterocycles. The lowest BCUT2D eigenvalue weighted by Gasteiger charge is -2.06. The molecule has 2 rings (SSSR count). The number of benzene rings is 2. The van der Waals surface area contributed by atoms with Crippen molar-refractivity contribution in [2.75, 3.05) is 7.11 Å². The highest BCUT2D eigenvalue weighted by molar-refractivity contribution is 7.80. The molecule has 0 heterocycles. The van der Waals surface area contributed by atoms with E-state index in [-0.39, 0.29) is 11.9 Å². The van der Waals surface area contributed by atoms with E-state index in [0.717, 1.165) is 10.5 Å². The summed E-state index contributed by atoms with van der Waals surface area (Å²) in [5.74, 6) is -0.530. The van der Waals surface area contributed by atoms with E-state index in [0.29, 0.717) is 17.7 Å². The minimum Gasteiger partial charge on any atom is -0.465 e. The molecule has 0 bridgehead atoms. The summed E-state index contributed by atoms with van der Waals surface area (Å²) in [5, 5.41) is 2.82. The lowest BCUT2D eigenvalue weighted by Crippen LogP contribution is -2.22. The molecule has 0 atom stereocenters. The number of carbonyl (C=O) groups is 2. The summed E-state index contributed by atoms with van der Waals surface area (Å²) in [4.78, 5) is 24.1.